The number of hydrogen-bond acceptors (Lipinski definition) is 6. The predicted octanol–water partition coefficient (Wildman–Crippen LogP) is 4.28. The van der Waals surface area contributed by atoms with Crippen LogP contribution in [0.2, 0.25) is 0 Å². The molecule has 0 bridgehead atoms. The number of imidazole rings is 1. The van der Waals surface area contributed by atoms with Gasteiger partial charge in [-0.25, -0.2) is 24.3 Å². The molecule has 1 saturated carbocycles. The minimum atomic E-state index is -0.404. The molecular weight excluding hydrogens is 397 g/mol. The summed E-state index contributed by atoms with van der Waals surface area (Å²) >= 11 is 0. The molecule has 0 amide bonds. The molecular formula is C23H20FN5O2. The van der Waals surface area contributed by atoms with Gasteiger partial charge in [0.25, 0.3) is 0 Å². The Morgan fingerprint density at radius 3 is 2.58 bits per heavy atom. The van der Waals surface area contributed by atoms with Gasteiger partial charge in [-0.3, -0.25) is 4.79 Å². The van der Waals surface area contributed by atoms with Crippen LogP contribution in [0.5, 0.6) is 6.01 Å². The number of carbonyl (C=O) groups is 1. The van der Waals surface area contributed by atoms with E-state index in [0.29, 0.717) is 41.0 Å². The molecule has 4 aromatic rings. The van der Waals surface area contributed by atoms with Gasteiger partial charge < -0.3 is 9.72 Å². The zero-order valence-corrected chi connectivity index (χ0v) is 17.1. The van der Waals surface area contributed by atoms with Gasteiger partial charge in [0.2, 0.25) is 0 Å². The van der Waals surface area contributed by atoms with Gasteiger partial charge in [-0.15, -0.1) is 0 Å². The molecule has 156 valence electrons. The fraction of sp³-hybridized carbons (Fsp3) is 0.261. The third-order valence-corrected chi connectivity index (χ3v) is 5.61. The highest BCUT2D eigenvalue weighted by Gasteiger charge is 2.34. The van der Waals surface area contributed by atoms with E-state index in [9.17, 15) is 9.18 Å². The van der Waals surface area contributed by atoms with Crippen molar-refractivity contribution in [3.63, 3.8) is 0 Å². The van der Waals surface area contributed by atoms with E-state index in [0.717, 1.165) is 11.2 Å². The van der Waals surface area contributed by atoms with Crippen molar-refractivity contribution in [2.45, 2.75) is 32.8 Å². The molecule has 5 rings (SSSR count). The van der Waals surface area contributed by atoms with Crippen molar-refractivity contribution >= 4 is 16.9 Å². The van der Waals surface area contributed by atoms with Crippen LogP contribution >= 0.6 is 0 Å². The lowest BCUT2D eigenvalue weighted by Gasteiger charge is -2.32. The second-order valence-electron chi connectivity index (χ2n) is 7.88. The molecule has 1 aliphatic carbocycles. The maximum Gasteiger partial charge on any atom is 0.316 e. The maximum absolute atomic E-state index is 14.9. The SMILES string of the molecule is CC(=O)C1CC(Oc2ncc(-c3ccc(-c4nc5nc(C)ccc5[nH]4)c(F)c3)cn2)C1. The van der Waals surface area contributed by atoms with Crippen LogP contribution in [0.4, 0.5) is 4.39 Å². The van der Waals surface area contributed by atoms with Crippen molar-refractivity contribution in [3.05, 3.63) is 54.2 Å². The van der Waals surface area contributed by atoms with Crippen LogP contribution in [0.3, 0.4) is 0 Å². The number of carbonyl (C=O) groups excluding carboxylic acids is 1. The number of Topliss-reactive ketones (excluding diaryl/α,β-unsaturated/α-hetero) is 1. The number of benzene rings is 1. The molecule has 8 heteroatoms. The number of halogens is 1. The quantitative estimate of drug-likeness (QED) is 0.521. The number of nitrogens with zero attached hydrogens (tertiary/aromatic N) is 4. The van der Waals surface area contributed by atoms with Gasteiger partial charge in [0.1, 0.15) is 23.5 Å². The zero-order valence-electron chi connectivity index (χ0n) is 17.1. The van der Waals surface area contributed by atoms with E-state index < -0.39 is 5.82 Å². The summed E-state index contributed by atoms with van der Waals surface area (Å²) in [7, 11) is 0. The van der Waals surface area contributed by atoms with Crippen molar-refractivity contribution in [2.75, 3.05) is 0 Å². The Bertz CT molecular complexity index is 1280. The molecule has 31 heavy (non-hydrogen) atoms. The van der Waals surface area contributed by atoms with E-state index in [4.69, 9.17) is 4.74 Å². The zero-order chi connectivity index (χ0) is 21.5. The van der Waals surface area contributed by atoms with Crippen LogP contribution in [0.25, 0.3) is 33.7 Å². The molecule has 0 spiro atoms. The normalized spacial score (nSPS) is 18.0. The number of pyridine rings is 1. The standard InChI is InChI=1S/C23H20FN5O2/c1-12-3-6-20-22(27-12)29-21(28-20)18-5-4-14(9-19(18)24)16-10-25-23(26-11-16)31-17-7-15(8-17)13(2)30/h3-6,9-11,15,17H,7-8H2,1-2H3,(H,27,28,29). The van der Waals surface area contributed by atoms with Crippen LogP contribution in [0, 0.1) is 18.7 Å². The molecule has 1 fully saturated rings. The Morgan fingerprint density at radius 1 is 1.10 bits per heavy atom. The number of aromatic nitrogens is 5. The first kappa shape index (κ1) is 19.3. The summed E-state index contributed by atoms with van der Waals surface area (Å²) in [4.78, 5) is 31.6. The Labute approximate surface area is 177 Å². The summed E-state index contributed by atoms with van der Waals surface area (Å²) in [5.41, 5.74) is 3.86. The monoisotopic (exact) mass is 417 g/mol. The molecule has 1 N–H and O–H groups in total. The van der Waals surface area contributed by atoms with Gasteiger partial charge >= 0.3 is 6.01 Å². The van der Waals surface area contributed by atoms with Gasteiger partial charge in [-0.2, -0.15) is 0 Å². The van der Waals surface area contributed by atoms with Crippen molar-refractivity contribution in [2.24, 2.45) is 5.92 Å². The lowest BCUT2D eigenvalue weighted by molar-refractivity contribution is -0.126. The number of hydrogen-bond donors (Lipinski definition) is 1. The smallest absolute Gasteiger partial charge is 0.316 e. The summed E-state index contributed by atoms with van der Waals surface area (Å²) in [5.74, 6) is 0.299. The van der Waals surface area contributed by atoms with Crippen LogP contribution < -0.4 is 4.74 Å². The molecule has 1 aromatic carbocycles. The summed E-state index contributed by atoms with van der Waals surface area (Å²) < 4.78 is 20.6. The van der Waals surface area contributed by atoms with Crippen LogP contribution in [-0.2, 0) is 4.79 Å². The summed E-state index contributed by atoms with van der Waals surface area (Å²) in [6, 6.07) is 8.93. The number of aromatic amines is 1. The second-order valence-corrected chi connectivity index (χ2v) is 7.88. The minimum absolute atomic E-state index is 0.0291. The number of H-pyrrole nitrogens is 1. The molecule has 0 unspecified atom stereocenters. The van der Waals surface area contributed by atoms with E-state index in [1.807, 2.05) is 19.1 Å². The van der Waals surface area contributed by atoms with Crippen LogP contribution in [-0.4, -0.2) is 36.8 Å². The highest BCUT2D eigenvalue weighted by molar-refractivity contribution is 5.79. The van der Waals surface area contributed by atoms with E-state index in [-0.39, 0.29) is 23.8 Å². The lowest BCUT2D eigenvalue weighted by atomic mass is 9.80. The first-order valence-corrected chi connectivity index (χ1v) is 10.1. The molecule has 0 atom stereocenters. The molecule has 0 aliphatic heterocycles. The number of ketones is 1. The van der Waals surface area contributed by atoms with E-state index in [2.05, 4.69) is 24.9 Å². The summed E-state index contributed by atoms with van der Waals surface area (Å²) in [6.07, 6.45) is 4.57. The summed E-state index contributed by atoms with van der Waals surface area (Å²) in [5, 5.41) is 0. The highest BCUT2D eigenvalue weighted by Crippen LogP contribution is 2.31. The first-order valence-electron chi connectivity index (χ1n) is 10.1. The molecule has 1 aliphatic rings. The minimum Gasteiger partial charge on any atom is -0.460 e. The average Bonchev–Trinajstić information content (AvgIpc) is 3.13. The van der Waals surface area contributed by atoms with Gasteiger partial charge in [-0.05, 0) is 56.5 Å². The third-order valence-electron chi connectivity index (χ3n) is 5.61. The molecule has 0 radical (unpaired) electrons. The van der Waals surface area contributed by atoms with Gasteiger partial charge in [-0.1, -0.05) is 6.07 Å². The van der Waals surface area contributed by atoms with Crippen LogP contribution in [0.1, 0.15) is 25.5 Å². The topological polar surface area (TPSA) is 93.6 Å². The average molecular weight is 417 g/mol. The van der Waals surface area contributed by atoms with Gasteiger partial charge in [0.15, 0.2) is 5.65 Å². The highest BCUT2D eigenvalue weighted by atomic mass is 19.1. The van der Waals surface area contributed by atoms with E-state index in [1.54, 1.807) is 31.5 Å². The molecule has 3 heterocycles. The maximum atomic E-state index is 14.9. The Balaban J connectivity index is 1.33. The number of ether oxygens (including phenoxy) is 1. The van der Waals surface area contributed by atoms with Crippen molar-refractivity contribution in [1.82, 2.24) is 24.9 Å². The van der Waals surface area contributed by atoms with Crippen molar-refractivity contribution in [3.8, 4) is 28.5 Å². The Morgan fingerprint density at radius 2 is 1.87 bits per heavy atom. The lowest BCUT2D eigenvalue weighted by Crippen LogP contribution is -2.37. The molecule has 3 aromatic heterocycles. The van der Waals surface area contributed by atoms with E-state index in [1.165, 1.54) is 6.07 Å². The van der Waals surface area contributed by atoms with Gasteiger partial charge in [0, 0.05) is 29.6 Å². The number of nitrogens with one attached hydrogen (secondary N) is 1. The number of fused-ring (bicyclic) bond motifs is 1. The van der Waals surface area contributed by atoms with E-state index >= 15 is 0 Å². The second kappa shape index (κ2) is 7.54. The van der Waals surface area contributed by atoms with Crippen molar-refractivity contribution in [1.29, 1.82) is 0 Å². The van der Waals surface area contributed by atoms with Gasteiger partial charge in [0.05, 0.1) is 11.1 Å². The first-order chi connectivity index (χ1) is 15.0. The Kier molecular flexibility index (Phi) is 4.69. The third kappa shape index (κ3) is 3.76. The van der Waals surface area contributed by atoms with Crippen LogP contribution in [0.15, 0.2) is 42.7 Å². The molecule has 0 saturated heterocycles. The summed E-state index contributed by atoms with van der Waals surface area (Å²) in [6.45, 7) is 3.49. The fourth-order valence-electron chi connectivity index (χ4n) is 3.67. The number of rotatable bonds is 5. The molecule has 7 nitrogen and oxygen atoms in total. The Hall–Kier alpha value is -3.68. The fourth-order valence-corrected chi connectivity index (χ4v) is 3.67. The largest absolute Gasteiger partial charge is 0.460 e. The predicted molar refractivity (Wildman–Crippen MR) is 113 cm³/mol. The van der Waals surface area contributed by atoms with Crippen molar-refractivity contribution < 1.29 is 13.9 Å². The number of aryl methyl sites for hydroxylation is 1.